The summed E-state index contributed by atoms with van der Waals surface area (Å²) in [5.74, 6) is -0.292. The molecule has 0 aliphatic heterocycles. The van der Waals surface area contributed by atoms with Gasteiger partial charge in [-0.15, -0.1) is 0 Å². The molecule has 0 fully saturated rings. The van der Waals surface area contributed by atoms with Crippen LogP contribution in [0.1, 0.15) is 13.8 Å². The SMILES string of the molecule is C=CC1=CC=CC(C)(S(=O)(=O)O)C1C. The molecule has 1 rings (SSSR count). The van der Waals surface area contributed by atoms with Crippen LogP contribution in [0, 0.1) is 5.92 Å². The highest BCUT2D eigenvalue weighted by atomic mass is 32.2. The molecule has 2 atom stereocenters. The Hall–Kier alpha value is -0.870. The third-order valence-corrected chi connectivity index (χ3v) is 4.47. The number of hydrogen-bond acceptors (Lipinski definition) is 2. The van der Waals surface area contributed by atoms with Gasteiger partial charge in [0.05, 0.1) is 0 Å². The minimum absolute atomic E-state index is 0.292. The van der Waals surface area contributed by atoms with Gasteiger partial charge >= 0.3 is 0 Å². The largest absolute Gasteiger partial charge is 0.285 e. The predicted molar refractivity (Wildman–Crippen MR) is 56.5 cm³/mol. The maximum atomic E-state index is 11.2. The fourth-order valence-corrected chi connectivity index (χ4v) is 2.36. The van der Waals surface area contributed by atoms with Gasteiger partial charge in [0.15, 0.2) is 0 Å². The number of hydrogen-bond donors (Lipinski definition) is 1. The first-order valence-electron chi connectivity index (χ1n) is 4.32. The molecule has 3 nitrogen and oxygen atoms in total. The molecule has 0 radical (unpaired) electrons. The van der Waals surface area contributed by atoms with Crippen LogP contribution >= 0.6 is 0 Å². The van der Waals surface area contributed by atoms with Crippen LogP contribution in [-0.4, -0.2) is 17.7 Å². The monoisotopic (exact) mass is 214 g/mol. The Balaban J connectivity index is 3.25. The minimum Gasteiger partial charge on any atom is -0.285 e. The standard InChI is InChI=1S/C10H14O3S/c1-4-9-6-5-7-10(3,8(9)2)14(11,12)13/h4-8H,1H2,2-3H3,(H,11,12,13). The summed E-state index contributed by atoms with van der Waals surface area (Å²) in [7, 11) is -4.09. The zero-order valence-corrected chi connectivity index (χ0v) is 9.08. The third-order valence-electron chi connectivity index (χ3n) is 2.87. The fraction of sp³-hybridized carbons (Fsp3) is 0.400. The van der Waals surface area contributed by atoms with Gasteiger partial charge in [0.25, 0.3) is 10.1 Å². The van der Waals surface area contributed by atoms with Crippen molar-refractivity contribution in [2.45, 2.75) is 18.6 Å². The molecule has 0 aromatic heterocycles. The van der Waals surface area contributed by atoms with E-state index in [0.717, 1.165) is 5.57 Å². The topological polar surface area (TPSA) is 54.4 Å². The third kappa shape index (κ3) is 1.55. The van der Waals surface area contributed by atoms with E-state index < -0.39 is 14.9 Å². The molecule has 1 N–H and O–H groups in total. The predicted octanol–water partition coefficient (Wildman–Crippen LogP) is 1.95. The maximum absolute atomic E-state index is 11.2. The molecule has 0 saturated heterocycles. The molecule has 0 aromatic carbocycles. The summed E-state index contributed by atoms with van der Waals surface area (Å²) in [6.07, 6.45) is 6.53. The molecule has 4 heteroatoms. The van der Waals surface area contributed by atoms with Crippen LogP contribution in [0.15, 0.2) is 36.5 Å². The average molecular weight is 214 g/mol. The van der Waals surface area contributed by atoms with Crippen LogP contribution < -0.4 is 0 Å². The molecule has 14 heavy (non-hydrogen) atoms. The van der Waals surface area contributed by atoms with Crippen LogP contribution in [0.5, 0.6) is 0 Å². The quantitative estimate of drug-likeness (QED) is 0.715. The highest BCUT2D eigenvalue weighted by Crippen LogP contribution is 2.35. The van der Waals surface area contributed by atoms with Crippen molar-refractivity contribution in [3.05, 3.63) is 36.5 Å². The molecular weight excluding hydrogens is 200 g/mol. The van der Waals surface area contributed by atoms with Gasteiger partial charge in [-0.2, -0.15) is 8.42 Å². The Morgan fingerprint density at radius 2 is 2.21 bits per heavy atom. The normalized spacial score (nSPS) is 32.5. The van der Waals surface area contributed by atoms with Crippen LogP contribution in [0.4, 0.5) is 0 Å². The van der Waals surface area contributed by atoms with Gasteiger partial charge in [0, 0.05) is 5.92 Å². The summed E-state index contributed by atoms with van der Waals surface area (Å²) in [4.78, 5) is 0. The van der Waals surface area contributed by atoms with Crippen molar-refractivity contribution >= 4 is 10.1 Å². The zero-order valence-electron chi connectivity index (χ0n) is 8.27. The average Bonchev–Trinajstić information content (AvgIpc) is 2.08. The molecule has 0 saturated carbocycles. The van der Waals surface area contributed by atoms with Gasteiger partial charge in [-0.25, -0.2) is 0 Å². The van der Waals surface area contributed by atoms with E-state index in [-0.39, 0.29) is 5.92 Å². The van der Waals surface area contributed by atoms with Gasteiger partial charge in [-0.3, -0.25) is 4.55 Å². The van der Waals surface area contributed by atoms with E-state index in [1.54, 1.807) is 25.2 Å². The minimum atomic E-state index is -4.09. The van der Waals surface area contributed by atoms with Crippen LogP contribution in [0.25, 0.3) is 0 Å². The van der Waals surface area contributed by atoms with Crippen molar-refractivity contribution in [2.24, 2.45) is 5.92 Å². The second-order valence-electron chi connectivity index (χ2n) is 3.61. The summed E-state index contributed by atoms with van der Waals surface area (Å²) in [6, 6.07) is 0. The van der Waals surface area contributed by atoms with E-state index in [1.807, 2.05) is 0 Å². The second kappa shape index (κ2) is 3.37. The van der Waals surface area contributed by atoms with Crippen LogP contribution in [-0.2, 0) is 10.1 Å². The first kappa shape index (κ1) is 11.2. The van der Waals surface area contributed by atoms with Gasteiger partial charge in [0.2, 0.25) is 0 Å². The summed E-state index contributed by atoms with van der Waals surface area (Å²) in [5.41, 5.74) is 0.813. The first-order chi connectivity index (χ1) is 6.33. The molecule has 0 bridgehead atoms. The highest BCUT2D eigenvalue weighted by Gasteiger charge is 2.42. The Kier molecular flexibility index (Phi) is 2.69. The smallest absolute Gasteiger partial charge is 0.274 e. The summed E-state index contributed by atoms with van der Waals surface area (Å²) >= 11 is 0. The van der Waals surface area contributed by atoms with E-state index in [4.69, 9.17) is 4.55 Å². The van der Waals surface area contributed by atoms with Crippen molar-refractivity contribution in [3.63, 3.8) is 0 Å². The second-order valence-corrected chi connectivity index (χ2v) is 5.44. The van der Waals surface area contributed by atoms with Crippen molar-refractivity contribution < 1.29 is 13.0 Å². The molecule has 0 aromatic rings. The lowest BCUT2D eigenvalue weighted by Crippen LogP contribution is -2.41. The Morgan fingerprint density at radius 1 is 1.64 bits per heavy atom. The molecule has 78 valence electrons. The Bertz CT molecular complexity index is 403. The molecular formula is C10H14O3S. The van der Waals surface area contributed by atoms with E-state index in [9.17, 15) is 8.42 Å². The van der Waals surface area contributed by atoms with Crippen molar-refractivity contribution in [1.29, 1.82) is 0 Å². The van der Waals surface area contributed by atoms with E-state index in [0.29, 0.717) is 0 Å². The lowest BCUT2D eigenvalue weighted by Gasteiger charge is -2.32. The molecule has 1 aliphatic carbocycles. The summed E-state index contributed by atoms with van der Waals surface area (Å²) < 4.78 is 30.3. The molecule has 0 spiro atoms. The number of rotatable bonds is 2. The lowest BCUT2D eigenvalue weighted by atomic mass is 9.84. The first-order valence-corrected chi connectivity index (χ1v) is 5.76. The van der Waals surface area contributed by atoms with Crippen molar-refractivity contribution in [3.8, 4) is 0 Å². The Morgan fingerprint density at radius 3 is 2.64 bits per heavy atom. The van der Waals surface area contributed by atoms with Gasteiger partial charge < -0.3 is 0 Å². The molecule has 1 aliphatic rings. The van der Waals surface area contributed by atoms with Crippen LogP contribution in [0.3, 0.4) is 0 Å². The van der Waals surface area contributed by atoms with E-state index >= 15 is 0 Å². The molecule has 0 amide bonds. The van der Waals surface area contributed by atoms with E-state index in [2.05, 4.69) is 6.58 Å². The fourth-order valence-electron chi connectivity index (χ4n) is 1.52. The van der Waals surface area contributed by atoms with Gasteiger partial charge in [-0.1, -0.05) is 37.8 Å². The summed E-state index contributed by atoms with van der Waals surface area (Å²) in [5, 5.41) is 0. The lowest BCUT2D eigenvalue weighted by molar-refractivity contribution is 0.422. The molecule has 0 heterocycles. The van der Waals surface area contributed by atoms with Gasteiger partial charge in [0.1, 0.15) is 4.75 Å². The summed E-state index contributed by atoms with van der Waals surface area (Å²) in [6.45, 7) is 6.86. The van der Waals surface area contributed by atoms with Crippen molar-refractivity contribution in [2.75, 3.05) is 0 Å². The highest BCUT2D eigenvalue weighted by molar-refractivity contribution is 7.87. The molecule has 2 unspecified atom stereocenters. The van der Waals surface area contributed by atoms with Crippen LogP contribution in [0.2, 0.25) is 0 Å². The maximum Gasteiger partial charge on any atom is 0.274 e. The van der Waals surface area contributed by atoms with Crippen molar-refractivity contribution in [1.82, 2.24) is 0 Å². The van der Waals surface area contributed by atoms with Gasteiger partial charge in [-0.05, 0) is 12.5 Å². The Labute approximate surface area is 84.6 Å². The van der Waals surface area contributed by atoms with E-state index in [1.165, 1.54) is 13.0 Å². The number of allylic oxidation sites excluding steroid dienone is 4. The zero-order chi connectivity index (χ0) is 11.0.